The maximum Gasteiger partial charge on any atom is 0.130 e. The van der Waals surface area contributed by atoms with Crippen molar-refractivity contribution in [3.8, 4) is 5.75 Å². The summed E-state index contributed by atoms with van der Waals surface area (Å²) in [6, 6.07) is 3.19. The smallest absolute Gasteiger partial charge is 0.130 e. The molecule has 0 spiro atoms. The Bertz CT molecular complexity index is 401. The van der Waals surface area contributed by atoms with E-state index in [0.717, 1.165) is 17.5 Å². The zero-order valence-electron chi connectivity index (χ0n) is 9.30. The SMILES string of the molecule is COc1cc(F)c2c(c1)C(N)CC2(C)C. The van der Waals surface area contributed by atoms with Crippen molar-refractivity contribution >= 4 is 0 Å². The molecule has 1 atom stereocenters. The van der Waals surface area contributed by atoms with E-state index in [1.165, 1.54) is 13.2 Å². The molecule has 2 nitrogen and oxygen atoms in total. The van der Waals surface area contributed by atoms with E-state index in [1.54, 1.807) is 0 Å². The zero-order valence-corrected chi connectivity index (χ0v) is 9.30. The number of methoxy groups -OCH3 is 1. The second-order valence-electron chi connectivity index (χ2n) is 4.77. The van der Waals surface area contributed by atoms with Gasteiger partial charge in [0.2, 0.25) is 0 Å². The van der Waals surface area contributed by atoms with E-state index in [4.69, 9.17) is 10.5 Å². The van der Waals surface area contributed by atoms with Crippen molar-refractivity contribution in [1.29, 1.82) is 0 Å². The van der Waals surface area contributed by atoms with E-state index in [2.05, 4.69) is 0 Å². The zero-order chi connectivity index (χ0) is 11.2. The maximum absolute atomic E-state index is 13.9. The Morgan fingerprint density at radius 2 is 2.13 bits per heavy atom. The molecule has 0 aromatic heterocycles. The lowest BCUT2D eigenvalue weighted by atomic mass is 9.86. The molecule has 0 saturated heterocycles. The van der Waals surface area contributed by atoms with Gasteiger partial charge in [0.1, 0.15) is 11.6 Å². The average molecular weight is 209 g/mol. The molecule has 0 radical (unpaired) electrons. The summed E-state index contributed by atoms with van der Waals surface area (Å²) < 4.78 is 18.9. The average Bonchev–Trinajstić information content (AvgIpc) is 2.37. The van der Waals surface area contributed by atoms with Crippen LogP contribution in [0, 0.1) is 5.82 Å². The van der Waals surface area contributed by atoms with E-state index >= 15 is 0 Å². The first-order valence-electron chi connectivity index (χ1n) is 5.09. The van der Waals surface area contributed by atoms with E-state index in [1.807, 2.05) is 19.9 Å². The van der Waals surface area contributed by atoms with E-state index in [9.17, 15) is 4.39 Å². The van der Waals surface area contributed by atoms with Gasteiger partial charge in [-0.3, -0.25) is 0 Å². The maximum atomic E-state index is 13.9. The highest BCUT2D eigenvalue weighted by Gasteiger charge is 2.37. The minimum Gasteiger partial charge on any atom is -0.497 e. The molecule has 0 bridgehead atoms. The van der Waals surface area contributed by atoms with Gasteiger partial charge in [0.25, 0.3) is 0 Å². The first kappa shape index (κ1) is 10.4. The number of hydrogen-bond acceptors (Lipinski definition) is 2. The third-order valence-corrected chi connectivity index (χ3v) is 3.14. The third kappa shape index (κ3) is 1.51. The lowest BCUT2D eigenvalue weighted by molar-refractivity contribution is 0.409. The highest BCUT2D eigenvalue weighted by Crippen LogP contribution is 2.45. The van der Waals surface area contributed by atoms with Crippen molar-refractivity contribution in [3.05, 3.63) is 29.1 Å². The Hall–Kier alpha value is -1.09. The Kier molecular flexibility index (Phi) is 2.23. The minimum absolute atomic E-state index is 0.0837. The molecule has 0 amide bonds. The summed E-state index contributed by atoms with van der Waals surface area (Å²) in [5.74, 6) is 0.335. The van der Waals surface area contributed by atoms with E-state index in [-0.39, 0.29) is 17.3 Å². The predicted molar refractivity (Wildman–Crippen MR) is 57.5 cm³/mol. The van der Waals surface area contributed by atoms with Crippen LogP contribution in [0.15, 0.2) is 12.1 Å². The number of halogens is 1. The summed E-state index contributed by atoms with van der Waals surface area (Å²) in [6.07, 6.45) is 0.784. The van der Waals surface area contributed by atoms with Gasteiger partial charge in [-0.1, -0.05) is 13.8 Å². The first-order valence-corrected chi connectivity index (χ1v) is 5.09. The topological polar surface area (TPSA) is 35.2 Å². The largest absolute Gasteiger partial charge is 0.497 e. The standard InChI is InChI=1S/C12H16FNO/c1-12(2)6-10(14)8-4-7(15-3)5-9(13)11(8)12/h4-5,10H,6,14H2,1-3H3. The molecular weight excluding hydrogens is 193 g/mol. The van der Waals surface area contributed by atoms with Crippen molar-refractivity contribution in [1.82, 2.24) is 0 Å². The molecule has 1 aromatic carbocycles. The molecule has 1 aromatic rings. The minimum atomic E-state index is -0.206. The molecule has 0 aliphatic heterocycles. The van der Waals surface area contributed by atoms with Crippen molar-refractivity contribution < 1.29 is 9.13 Å². The number of rotatable bonds is 1. The highest BCUT2D eigenvalue weighted by atomic mass is 19.1. The summed E-state index contributed by atoms with van der Waals surface area (Å²) in [6.45, 7) is 4.04. The van der Waals surface area contributed by atoms with Gasteiger partial charge in [0.15, 0.2) is 0 Å². The van der Waals surface area contributed by atoms with Gasteiger partial charge >= 0.3 is 0 Å². The number of hydrogen-bond donors (Lipinski definition) is 1. The van der Waals surface area contributed by atoms with Gasteiger partial charge < -0.3 is 10.5 Å². The van der Waals surface area contributed by atoms with Crippen LogP contribution in [0.1, 0.15) is 37.4 Å². The van der Waals surface area contributed by atoms with Crippen LogP contribution in [0.3, 0.4) is 0 Å². The molecule has 82 valence electrons. The number of nitrogens with two attached hydrogens (primary N) is 1. The van der Waals surface area contributed by atoms with Crippen molar-refractivity contribution in [2.75, 3.05) is 7.11 Å². The van der Waals surface area contributed by atoms with Crippen molar-refractivity contribution in [2.24, 2.45) is 5.73 Å². The quantitative estimate of drug-likeness (QED) is 0.771. The van der Waals surface area contributed by atoms with Gasteiger partial charge in [0, 0.05) is 12.1 Å². The Morgan fingerprint density at radius 3 is 2.73 bits per heavy atom. The molecule has 1 aliphatic carbocycles. The molecule has 1 unspecified atom stereocenters. The molecule has 0 heterocycles. The summed E-state index contributed by atoms with van der Waals surface area (Å²) in [5.41, 5.74) is 7.45. The normalized spacial score (nSPS) is 22.6. The molecular formula is C12H16FNO. The second kappa shape index (κ2) is 3.20. The van der Waals surface area contributed by atoms with Gasteiger partial charge in [0.05, 0.1) is 7.11 Å². The molecule has 15 heavy (non-hydrogen) atoms. The van der Waals surface area contributed by atoms with Crippen LogP contribution in [0.4, 0.5) is 4.39 Å². The van der Waals surface area contributed by atoms with E-state index < -0.39 is 0 Å². The van der Waals surface area contributed by atoms with Gasteiger partial charge in [-0.2, -0.15) is 0 Å². The summed E-state index contributed by atoms with van der Waals surface area (Å²) in [7, 11) is 1.53. The Morgan fingerprint density at radius 1 is 1.47 bits per heavy atom. The van der Waals surface area contributed by atoms with E-state index in [0.29, 0.717) is 5.75 Å². The molecule has 0 fully saturated rings. The lowest BCUT2D eigenvalue weighted by Crippen LogP contribution is -2.15. The van der Waals surface area contributed by atoms with Gasteiger partial charge in [-0.05, 0) is 29.0 Å². The molecule has 0 saturated carbocycles. The third-order valence-electron chi connectivity index (χ3n) is 3.14. The first-order chi connectivity index (χ1) is 6.95. The predicted octanol–water partition coefficient (Wildman–Crippen LogP) is 2.52. The molecule has 3 heteroatoms. The van der Waals surface area contributed by atoms with Crippen LogP contribution >= 0.6 is 0 Å². The van der Waals surface area contributed by atoms with Crippen LogP contribution in [-0.2, 0) is 5.41 Å². The number of fused-ring (bicyclic) bond motifs is 1. The Labute approximate surface area is 89.2 Å². The summed E-state index contributed by atoms with van der Waals surface area (Å²) >= 11 is 0. The van der Waals surface area contributed by atoms with Crippen LogP contribution in [-0.4, -0.2) is 7.11 Å². The van der Waals surface area contributed by atoms with Gasteiger partial charge in [-0.15, -0.1) is 0 Å². The molecule has 1 aliphatic rings. The van der Waals surface area contributed by atoms with Crippen LogP contribution in [0.25, 0.3) is 0 Å². The van der Waals surface area contributed by atoms with Crippen molar-refractivity contribution in [3.63, 3.8) is 0 Å². The fourth-order valence-corrected chi connectivity index (χ4v) is 2.49. The van der Waals surface area contributed by atoms with Crippen LogP contribution < -0.4 is 10.5 Å². The summed E-state index contributed by atoms with van der Waals surface area (Å²) in [4.78, 5) is 0. The second-order valence-corrected chi connectivity index (χ2v) is 4.77. The van der Waals surface area contributed by atoms with Gasteiger partial charge in [-0.25, -0.2) is 4.39 Å². The highest BCUT2D eigenvalue weighted by molar-refractivity contribution is 5.46. The van der Waals surface area contributed by atoms with Crippen LogP contribution in [0.5, 0.6) is 5.75 Å². The fraction of sp³-hybridized carbons (Fsp3) is 0.500. The number of ether oxygens (including phenoxy) is 1. The number of benzene rings is 1. The lowest BCUT2D eigenvalue weighted by Gasteiger charge is -2.19. The monoisotopic (exact) mass is 209 g/mol. The Balaban J connectivity index is 2.63. The molecule has 2 rings (SSSR count). The fourth-order valence-electron chi connectivity index (χ4n) is 2.49. The molecule has 2 N–H and O–H groups in total. The summed E-state index contributed by atoms with van der Waals surface area (Å²) in [5, 5.41) is 0. The van der Waals surface area contributed by atoms with Crippen LogP contribution in [0.2, 0.25) is 0 Å². The van der Waals surface area contributed by atoms with Crippen molar-refractivity contribution in [2.45, 2.75) is 31.7 Å².